The molecule has 0 aliphatic rings. The normalized spacial score (nSPS) is 10.7. The van der Waals surface area contributed by atoms with E-state index in [-0.39, 0.29) is 17.6 Å². The van der Waals surface area contributed by atoms with Crippen LogP contribution in [0.2, 0.25) is 5.02 Å². The summed E-state index contributed by atoms with van der Waals surface area (Å²) >= 11 is 11.2. The number of hydrogen-bond acceptors (Lipinski definition) is 3. The molecule has 1 heterocycles. The van der Waals surface area contributed by atoms with E-state index < -0.39 is 0 Å². The Hall–Kier alpha value is -1.06. The highest BCUT2D eigenvalue weighted by Gasteiger charge is 2.14. The molecule has 0 saturated heterocycles. The zero-order valence-corrected chi connectivity index (χ0v) is 8.47. The maximum Gasteiger partial charge on any atom is 0.265 e. The molecule has 2 aromatic rings. The third-order valence-corrected chi connectivity index (χ3v) is 2.27. The molecule has 0 amide bonds. The van der Waals surface area contributed by atoms with Crippen LogP contribution in [0.3, 0.4) is 0 Å². The largest absolute Gasteiger partial charge is 0.432 e. The molecule has 0 bridgehead atoms. The van der Waals surface area contributed by atoms with Crippen LogP contribution in [0.5, 0.6) is 0 Å². The number of benzene rings is 1. The van der Waals surface area contributed by atoms with Crippen LogP contribution in [-0.4, -0.2) is 16.6 Å². The summed E-state index contributed by atoms with van der Waals surface area (Å²) in [6.07, 6.45) is 0. The average Bonchev–Trinajstić information content (AvgIpc) is 2.62. The summed E-state index contributed by atoms with van der Waals surface area (Å²) in [4.78, 5) is 15.1. The highest BCUT2D eigenvalue weighted by molar-refractivity contribution is 6.34. The van der Waals surface area contributed by atoms with Crippen LogP contribution < -0.4 is 0 Å². The number of Topliss-reactive ketones (excluding diaryl/α,β-unsaturated/α-hetero) is 1. The van der Waals surface area contributed by atoms with Gasteiger partial charge in [-0.2, -0.15) is 0 Å². The maximum atomic E-state index is 11.2. The van der Waals surface area contributed by atoms with E-state index in [0.29, 0.717) is 16.1 Å². The van der Waals surface area contributed by atoms with Gasteiger partial charge in [0.1, 0.15) is 5.52 Å². The third-order valence-electron chi connectivity index (χ3n) is 1.73. The van der Waals surface area contributed by atoms with Gasteiger partial charge in [0, 0.05) is 0 Å². The minimum absolute atomic E-state index is 0.00287. The highest BCUT2D eigenvalue weighted by Crippen LogP contribution is 2.24. The van der Waals surface area contributed by atoms with Gasteiger partial charge in [0.15, 0.2) is 5.58 Å². The smallest absolute Gasteiger partial charge is 0.265 e. The van der Waals surface area contributed by atoms with Gasteiger partial charge in [-0.05, 0) is 12.1 Å². The van der Waals surface area contributed by atoms with Crippen LogP contribution in [0.25, 0.3) is 11.1 Å². The van der Waals surface area contributed by atoms with Gasteiger partial charge in [-0.15, -0.1) is 11.6 Å². The first-order valence-corrected chi connectivity index (χ1v) is 4.78. The SMILES string of the molecule is O=C(CCl)c1nc2cccc(Cl)c2o1. The number of hydrogen-bond donors (Lipinski definition) is 0. The molecule has 0 aliphatic heterocycles. The van der Waals surface area contributed by atoms with E-state index in [0.717, 1.165) is 0 Å². The summed E-state index contributed by atoms with van der Waals surface area (Å²) in [5.41, 5.74) is 0.980. The number of nitrogens with zero attached hydrogens (tertiary/aromatic N) is 1. The molecule has 0 saturated carbocycles. The van der Waals surface area contributed by atoms with Crippen molar-refractivity contribution in [2.45, 2.75) is 0 Å². The minimum atomic E-state index is -0.348. The zero-order valence-electron chi connectivity index (χ0n) is 6.96. The number of fused-ring (bicyclic) bond motifs is 1. The second-order valence-corrected chi connectivity index (χ2v) is 3.34. The van der Waals surface area contributed by atoms with Crippen LogP contribution in [0.15, 0.2) is 22.6 Å². The van der Waals surface area contributed by atoms with Gasteiger partial charge < -0.3 is 4.42 Å². The van der Waals surface area contributed by atoms with Crippen LogP contribution in [0.4, 0.5) is 0 Å². The van der Waals surface area contributed by atoms with Gasteiger partial charge >= 0.3 is 0 Å². The molecule has 0 atom stereocenters. The van der Waals surface area contributed by atoms with Crippen LogP contribution in [0.1, 0.15) is 10.7 Å². The third kappa shape index (κ3) is 1.49. The molecule has 14 heavy (non-hydrogen) atoms. The van der Waals surface area contributed by atoms with Crippen LogP contribution >= 0.6 is 23.2 Å². The quantitative estimate of drug-likeness (QED) is 0.588. The van der Waals surface area contributed by atoms with Crippen molar-refractivity contribution in [1.82, 2.24) is 4.98 Å². The van der Waals surface area contributed by atoms with Crippen molar-refractivity contribution in [2.75, 3.05) is 5.88 Å². The predicted octanol–water partition coefficient (Wildman–Crippen LogP) is 2.90. The summed E-state index contributed by atoms with van der Waals surface area (Å²) in [5.74, 6) is -0.494. The van der Waals surface area contributed by atoms with Gasteiger partial charge in [-0.25, -0.2) is 4.98 Å². The molecule has 0 aliphatic carbocycles. The van der Waals surface area contributed by atoms with Gasteiger partial charge in [-0.3, -0.25) is 4.79 Å². The lowest BCUT2D eigenvalue weighted by molar-refractivity contribution is 0.0986. The Morgan fingerprint density at radius 3 is 2.93 bits per heavy atom. The molecule has 0 fully saturated rings. The number of carbonyl (C=O) groups is 1. The molecule has 1 aromatic heterocycles. The van der Waals surface area contributed by atoms with E-state index in [1.165, 1.54) is 0 Å². The lowest BCUT2D eigenvalue weighted by atomic mass is 10.3. The molecule has 0 spiro atoms. The number of halogens is 2. The summed E-state index contributed by atoms with van der Waals surface area (Å²) in [5, 5.41) is 0.434. The Morgan fingerprint density at radius 2 is 2.29 bits per heavy atom. The minimum Gasteiger partial charge on any atom is -0.432 e. The standard InChI is InChI=1S/C9H5Cl2NO2/c10-4-7(13)9-12-6-3-1-2-5(11)8(6)14-9/h1-3H,4H2. The summed E-state index contributed by atoms with van der Waals surface area (Å²) < 4.78 is 5.17. The predicted molar refractivity (Wildman–Crippen MR) is 54.1 cm³/mol. The van der Waals surface area contributed by atoms with Crippen molar-refractivity contribution in [3.8, 4) is 0 Å². The fraction of sp³-hybridized carbons (Fsp3) is 0.111. The number of carbonyl (C=O) groups excluding carboxylic acids is 1. The van der Waals surface area contributed by atoms with Gasteiger partial charge in [0.25, 0.3) is 5.89 Å². The van der Waals surface area contributed by atoms with Gasteiger partial charge in [0.2, 0.25) is 5.78 Å². The molecule has 5 heteroatoms. The number of ketones is 1. The van der Waals surface area contributed by atoms with Gasteiger partial charge in [0.05, 0.1) is 10.9 Å². The lowest BCUT2D eigenvalue weighted by Gasteiger charge is -1.87. The Morgan fingerprint density at radius 1 is 1.50 bits per heavy atom. The van der Waals surface area contributed by atoms with Crippen molar-refractivity contribution >= 4 is 40.1 Å². The van der Waals surface area contributed by atoms with Crippen molar-refractivity contribution in [2.24, 2.45) is 0 Å². The number of para-hydroxylation sites is 1. The van der Waals surface area contributed by atoms with Crippen molar-refractivity contribution < 1.29 is 9.21 Å². The van der Waals surface area contributed by atoms with Crippen LogP contribution in [-0.2, 0) is 0 Å². The summed E-state index contributed by atoms with van der Waals surface area (Å²) in [6, 6.07) is 5.13. The molecule has 1 aromatic carbocycles. The van der Waals surface area contributed by atoms with E-state index in [2.05, 4.69) is 4.98 Å². The van der Waals surface area contributed by atoms with Crippen molar-refractivity contribution in [3.05, 3.63) is 29.1 Å². The Balaban J connectivity index is 2.62. The first-order chi connectivity index (χ1) is 6.72. The van der Waals surface area contributed by atoms with E-state index >= 15 is 0 Å². The average molecular weight is 230 g/mol. The molecule has 0 unspecified atom stereocenters. The molecule has 72 valence electrons. The monoisotopic (exact) mass is 229 g/mol. The molecular formula is C9H5Cl2NO2. The first kappa shape index (κ1) is 9.49. The first-order valence-electron chi connectivity index (χ1n) is 3.86. The molecule has 0 N–H and O–H groups in total. The molecule has 0 radical (unpaired) electrons. The number of oxazole rings is 1. The molecule has 3 nitrogen and oxygen atoms in total. The lowest BCUT2D eigenvalue weighted by Crippen LogP contribution is -1.99. The Labute approximate surface area is 89.6 Å². The second-order valence-electron chi connectivity index (χ2n) is 2.66. The van der Waals surface area contributed by atoms with E-state index in [1.54, 1.807) is 18.2 Å². The number of rotatable bonds is 2. The zero-order chi connectivity index (χ0) is 10.1. The number of aromatic nitrogens is 1. The number of alkyl halides is 1. The fourth-order valence-electron chi connectivity index (χ4n) is 1.09. The van der Waals surface area contributed by atoms with E-state index in [1.807, 2.05) is 0 Å². The molecule has 2 rings (SSSR count). The summed E-state index contributed by atoms with van der Waals surface area (Å²) in [6.45, 7) is 0. The fourth-order valence-corrected chi connectivity index (χ4v) is 1.41. The van der Waals surface area contributed by atoms with Crippen molar-refractivity contribution in [1.29, 1.82) is 0 Å². The second kappa shape index (κ2) is 3.59. The topological polar surface area (TPSA) is 43.1 Å². The highest BCUT2D eigenvalue weighted by atomic mass is 35.5. The summed E-state index contributed by atoms with van der Waals surface area (Å²) in [7, 11) is 0. The Bertz CT molecular complexity index is 493. The van der Waals surface area contributed by atoms with Crippen LogP contribution in [0, 0.1) is 0 Å². The van der Waals surface area contributed by atoms with Gasteiger partial charge in [-0.1, -0.05) is 17.7 Å². The van der Waals surface area contributed by atoms with E-state index in [4.69, 9.17) is 27.6 Å². The maximum absolute atomic E-state index is 11.2. The van der Waals surface area contributed by atoms with Crippen molar-refractivity contribution in [3.63, 3.8) is 0 Å². The van der Waals surface area contributed by atoms with E-state index in [9.17, 15) is 4.79 Å². The Kier molecular flexibility index (Phi) is 2.44. The molecular weight excluding hydrogens is 225 g/mol.